The zero-order valence-corrected chi connectivity index (χ0v) is 14.2. The van der Waals surface area contributed by atoms with Crippen molar-refractivity contribution in [2.24, 2.45) is 0 Å². The Morgan fingerprint density at radius 1 is 1.05 bits per heavy atom. The van der Waals surface area contributed by atoms with Crippen molar-refractivity contribution < 1.29 is 9.47 Å². The van der Waals surface area contributed by atoms with E-state index in [0.29, 0.717) is 0 Å². The Kier molecular flexibility index (Phi) is 8.40. The van der Waals surface area contributed by atoms with Crippen LogP contribution >= 0.6 is 0 Å². The first-order valence-electron chi connectivity index (χ1n) is 8.23. The molecule has 0 aliphatic heterocycles. The minimum absolute atomic E-state index is 0.205. The smallest absolute Gasteiger partial charge is 0.119 e. The molecule has 21 heavy (non-hydrogen) atoms. The highest BCUT2D eigenvalue weighted by Crippen LogP contribution is 2.24. The summed E-state index contributed by atoms with van der Waals surface area (Å²) in [6.45, 7) is 12.3. The molecule has 0 saturated heterocycles. The van der Waals surface area contributed by atoms with Crippen molar-refractivity contribution in [3.8, 4) is 5.75 Å². The van der Waals surface area contributed by atoms with Gasteiger partial charge >= 0.3 is 0 Å². The topological polar surface area (TPSA) is 30.5 Å². The summed E-state index contributed by atoms with van der Waals surface area (Å²) in [7, 11) is 0. The van der Waals surface area contributed by atoms with Gasteiger partial charge in [-0.1, -0.05) is 26.0 Å². The Bertz CT molecular complexity index is 375. The van der Waals surface area contributed by atoms with Gasteiger partial charge in [0.25, 0.3) is 0 Å². The summed E-state index contributed by atoms with van der Waals surface area (Å²) in [6.07, 6.45) is 2.53. The fourth-order valence-electron chi connectivity index (χ4n) is 2.45. The number of hydrogen-bond acceptors (Lipinski definition) is 3. The van der Waals surface area contributed by atoms with Crippen LogP contribution in [0.4, 0.5) is 0 Å². The van der Waals surface area contributed by atoms with E-state index >= 15 is 0 Å². The molecule has 0 amide bonds. The molecule has 0 saturated carbocycles. The first-order valence-corrected chi connectivity index (χ1v) is 8.23. The third-order valence-corrected chi connectivity index (χ3v) is 3.38. The molecule has 1 N–H and O–H groups in total. The summed E-state index contributed by atoms with van der Waals surface area (Å²) < 4.78 is 11.6. The highest BCUT2D eigenvalue weighted by atomic mass is 16.5. The largest absolute Gasteiger partial charge is 0.491 e. The van der Waals surface area contributed by atoms with Crippen LogP contribution in [0.5, 0.6) is 5.75 Å². The van der Waals surface area contributed by atoms with E-state index in [0.717, 1.165) is 31.7 Å². The first-order chi connectivity index (χ1) is 10.1. The Morgan fingerprint density at radius 2 is 1.71 bits per heavy atom. The van der Waals surface area contributed by atoms with Gasteiger partial charge in [-0.05, 0) is 57.9 Å². The van der Waals surface area contributed by atoms with Crippen LogP contribution in [0.3, 0.4) is 0 Å². The fourth-order valence-corrected chi connectivity index (χ4v) is 2.45. The molecule has 0 bridgehead atoms. The maximum absolute atomic E-state index is 5.91. The summed E-state index contributed by atoms with van der Waals surface area (Å²) in [6, 6.07) is 8.63. The van der Waals surface area contributed by atoms with Gasteiger partial charge in [0.1, 0.15) is 5.75 Å². The van der Waals surface area contributed by atoms with Crippen LogP contribution in [0.1, 0.15) is 59.1 Å². The summed E-state index contributed by atoms with van der Waals surface area (Å²) in [5, 5.41) is 3.62. The van der Waals surface area contributed by atoms with Gasteiger partial charge in [-0.3, -0.25) is 0 Å². The van der Waals surface area contributed by atoms with Crippen LogP contribution < -0.4 is 10.1 Å². The maximum Gasteiger partial charge on any atom is 0.119 e. The average Bonchev–Trinajstić information content (AvgIpc) is 2.47. The summed E-state index contributed by atoms with van der Waals surface area (Å²) in [5.74, 6) is 0.924. The van der Waals surface area contributed by atoms with Crippen molar-refractivity contribution in [1.29, 1.82) is 0 Å². The molecule has 0 heterocycles. The van der Waals surface area contributed by atoms with Gasteiger partial charge in [-0.2, -0.15) is 0 Å². The molecular weight excluding hydrogens is 262 g/mol. The lowest BCUT2D eigenvalue weighted by atomic mass is 9.99. The van der Waals surface area contributed by atoms with Gasteiger partial charge in [0, 0.05) is 6.61 Å². The van der Waals surface area contributed by atoms with Crippen molar-refractivity contribution in [1.82, 2.24) is 5.32 Å². The third kappa shape index (κ3) is 6.06. The molecule has 3 nitrogen and oxygen atoms in total. The van der Waals surface area contributed by atoms with Crippen LogP contribution in [0.2, 0.25) is 0 Å². The lowest BCUT2D eigenvalue weighted by Crippen LogP contribution is -2.34. The van der Waals surface area contributed by atoms with Crippen molar-refractivity contribution in [2.45, 2.75) is 65.7 Å². The quantitative estimate of drug-likeness (QED) is 0.696. The molecule has 2 unspecified atom stereocenters. The van der Waals surface area contributed by atoms with E-state index in [1.54, 1.807) is 0 Å². The van der Waals surface area contributed by atoms with Crippen LogP contribution in [-0.4, -0.2) is 25.4 Å². The SMILES string of the molecule is CCCNC(c1ccc(OC(C)C)cc1)C(CC)OCC. The van der Waals surface area contributed by atoms with Gasteiger partial charge in [-0.15, -0.1) is 0 Å². The number of benzene rings is 1. The number of nitrogens with one attached hydrogen (secondary N) is 1. The lowest BCUT2D eigenvalue weighted by Gasteiger charge is -2.28. The second kappa shape index (κ2) is 9.80. The Hall–Kier alpha value is -1.06. The molecule has 3 heteroatoms. The van der Waals surface area contributed by atoms with E-state index < -0.39 is 0 Å². The van der Waals surface area contributed by atoms with E-state index in [4.69, 9.17) is 9.47 Å². The monoisotopic (exact) mass is 293 g/mol. The van der Waals surface area contributed by atoms with E-state index in [2.05, 4.69) is 50.4 Å². The zero-order valence-electron chi connectivity index (χ0n) is 14.2. The van der Waals surface area contributed by atoms with Crippen molar-refractivity contribution >= 4 is 0 Å². The lowest BCUT2D eigenvalue weighted by molar-refractivity contribution is 0.0314. The molecule has 1 aromatic carbocycles. The highest BCUT2D eigenvalue weighted by molar-refractivity contribution is 5.30. The molecule has 0 aliphatic carbocycles. The second-order valence-electron chi connectivity index (χ2n) is 5.57. The normalized spacial score (nSPS) is 14.2. The van der Waals surface area contributed by atoms with E-state index in [1.165, 1.54) is 5.56 Å². The van der Waals surface area contributed by atoms with Crippen molar-refractivity contribution in [2.75, 3.05) is 13.2 Å². The molecule has 1 rings (SSSR count). The standard InChI is InChI=1S/C18H31NO2/c1-6-13-19-18(17(7-2)20-8-3)15-9-11-16(12-10-15)21-14(4)5/h9-12,14,17-19H,6-8,13H2,1-5H3. The van der Waals surface area contributed by atoms with E-state index in [1.807, 2.05) is 13.8 Å². The second-order valence-corrected chi connectivity index (χ2v) is 5.57. The van der Waals surface area contributed by atoms with E-state index in [-0.39, 0.29) is 18.2 Å². The minimum atomic E-state index is 0.205. The predicted molar refractivity (Wildman–Crippen MR) is 88.9 cm³/mol. The van der Waals surface area contributed by atoms with Gasteiger partial charge in [0.15, 0.2) is 0 Å². The molecule has 2 atom stereocenters. The summed E-state index contributed by atoms with van der Waals surface area (Å²) in [5.41, 5.74) is 1.26. The zero-order chi connectivity index (χ0) is 15.7. The van der Waals surface area contributed by atoms with Gasteiger partial charge < -0.3 is 14.8 Å². The molecule has 0 aromatic heterocycles. The average molecular weight is 293 g/mol. The summed E-state index contributed by atoms with van der Waals surface area (Å²) >= 11 is 0. The van der Waals surface area contributed by atoms with Crippen molar-refractivity contribution in [3.05, 3.63) is 29.8 Å². The molecule has 1 aromatic rings. The predicted octanol–water partition coefficient (Wildman–Crippen LogP) is 4.33. The molecule has 120 valence electrons. The third-order valence-electron chi connectivity index (χ3n) is 3.38. The fraction of sp³-hybridized carbons (Fsp3) is 0.667. The van der Waals surface area contributed by atoms with Crippen LogP contribution in [0.25, 0.3) is 0 Å². The van der Waals surface area contributed by atoms with Gasteiger partial charge in [-0.25, -0.2) is 0 Å². The van der Waals surface area contributed by atoms with Crippen LogP contribution in [-0.2, 0) is 4.74 Å². The molecule has 0 fully saturated rings. The highest BCUT2D eigenvalue weighted by Gasteiger charge is 2.21. The molecule has 0 radical (unpaired) electrons. The van der Waals surface area contributed by atoms with Gasteiger partial charge in [0.2, 0.25) is 0 Å². The Morgan fingerprint density at radius 3 is 2.19 bits per heavy atom. The van der Waals surface area contributed by atoms with E-state index in [9.17, 15) is 0 Å². The Labute approximate surface area is 130 Å². The molecule has 0 spiro atoms. The van der Waals surface area contributed by atoms with Crippen LogP contribution in [0.15, 0.2) is 24.3 Å². The number of ether oxygens (including phenoxy) is 2. The number of hydrogen-bond donors (Lipinski definition) is 1. The van der Waals surface area contributed by atoms with Gasteiger partial charge in [0.05, 0.1) is 18.2 Å². The van der Waals surface area contributed by atoms with Crippen molar-refractivity contribution in [3.63, 3.8) is 0 Å². The maximum atomic E-state index is 5.91. The molecule has 0 aliphatic rings. The summed E-state index contributed by atoms with van der Waals surface area (Å²) in [4.78, 5) is 0. The molecular formula is C18H31NO2. The first kappa shape index (κ1) is 18.0. The Balaban J connectivity index is 2.85. The number of rotatable bonds is 10. The minimum Gasteiger partial charge on any atom is -0.491 e. The van der Waals surface area contributed by atoms with Crippen LogP contribution in [0, 0.1) is 0 Å².